The molecule has 1 amide bonds. The Balaban J connectivity index is 0.000000293. The van der Waals surface area contributed by atoms with Crippen molar-refractivity contribution in [2.24, 2.45) is 11.7 Å². The van der Waals surface area contributed by atoms with Gasteiger partial charge in [-0.25, -0.2) is 0 Å². The Hall–Kier alpha value is -1.10. The fourth-order valence-corrected chi connectivity index (χ4v) is 1.32. The highest BCUT2D eigenvalue weighted by Gasteiger charge is 2.15. The van der Waals surface area contributed by atoms with Crippen molar-refractivity contribution in [1.82, 2.24) is 5.32 Å². The minimum atomic E-state index is -0.318. The molecule has 1 aliphatic heterocycles. The fourth-order valence-electron chi connectivity index (χ4n) is 1.32. The summed E-state index contributed by atoms with van der Waals surface area (Å²) in [6.45, 7) is 7.92. The van der Waals surface area contributed by atoms with E-state index >= 15 is 0 Å². The molecule has 0 spiro atoms. The first kappa shape index (κ1) is 14.9. The van der Waals surface area contributed by atoms with Crippen molar-refractivity contribution in [3.63, 3.8) is 0 Å². The number of carbonyl (C=O) groups excluding carboxylic acids is 2. The number of hydrogen-bond donors (Lipinski definition) is 2. The van der Waals surface area contributed by atoms with E-state index in [1.807, 2.05) is 20.8 Å². The Morgan fingerprint density at radius 1 is 1.56 bits per heavy atom. The largest absolute Gasteiger partial charge is 0.462 e. The topological polar surface area (TPSA) is 81.4 Å². The molecule has 5 nitrogen and oxygen atoms in total. The molecular formula is C11H22N2O3. The quantitative estimate of drug-likeness (QED) is 0.689. The van der Waals surface area contributed by atoms with Gasteiger partial charge in [-0.05, 0) is 46.2 Å². The maximum atomic E-state index is 10.3. The van der Waals surface area contributed by atoms with Crippen molar-refractivity contribution in [3.8, 4) is 0 Å². The van der Waals surface area contributed by atoms with E-state index in [9.17, 15) is 9.59 Å². The van der Waals surface area contributed by atoms with Gasteiger partial charge >= 0.3 is 0 Å². The van der Waals surface area contributed by atoms with Gasteiger partial charge in [-0.15, -0.1) is 0 Å². The van der Waals surface area contributed by atoms with Crippen molar-refractivity contribution >= 4 is 12.4 Å². The summed E-state index contributed by atoms with van der Waals surface area (Å²) in [7, 11) is 0. The van der Waals surface area contributed by atoms with Gasteiger partial charge in [-0.2, -0.15) is 0 Å². The third kappa shape index (κ3) is 9.45. The molecule has 1 fully saturated rings. The van der Waals surface area contributed by atoms with Crippen LogP contribution in [0.4, 0.5) is 0 Å². The SMILES string of the molecule is CC(C)(C)OC=O.NC(=O)CC1CCNC1. The van der Waals surface area contributed by atoms with Gasteiger partial charge in [0, 0.05) is 6.42 Å². The molecule has 0 radical (unpaired) electrons. The number of rotatable bonds is 3. The van der Waals surface area contributed by atoms with Crippen LogP contribution in [0.15, 0.2) is 0 Å². The minimum Gasteiger partial charge on any atom is -0.462 e. The molecule has 1 atom stereocenters. The zero-order chi connectivity index (χ0) is 12.6. The monoisotopic (exact) mass is 230 g/mol. The van der Waals surface area contributed by atoms with E-state index in [0.717, 1.165) is 19.5 Å². The maximum Gasteiger partial charge on any atom is 0.293 e. The van der Waals surface area contributed by atoms with Crippen LogP contribution in [-0.2, 0) is 14.3 Å². The summed E-state index contributed by atoms with van der Waals surface area (Å²) in [4.78, 5) is 19.9. The van der Waals surface area contributed by atoms with Crippen LogP contribution < -0.4 is 11.1 Å². The van der Waals surface area contributed by atoms with Crippen LogP contribution in [0, 0.1) is 5.92 Å². The Morgan fingerprint density at radius 3 is 2.44 bits per heavy atom. The lowest BCUT2D eigenvalue weighted by atomic mass is 10.1. The number of hydrogen-bond acceptors (Lipinski definition) is 4. The third-order valence-electron chi connectivity index (χ3n) is 2.05. The van der Waals surface area contributed by atoms with Crippen LogP contribution in [0.5, 0.6) is 0 Å². The first-order valence-corrected chi connectivity index (χ1v) is 5.45. The van der Waals surface area contributed by atoms with Crippen LogP contribution >= 0.6 is 0 Å². The number of nitrogens with two attached hydrogens (primary N) is 1. The fraction of sp³-hybridized carbons (Fsp3) is 0.818. The van der Waals surface area contributed by atoms with Crippen LogP contribution in [0.3, 0.4) is 0 Å². The number of amides is 1. The molecule has 0 bridgehead atoms. The van der Waals surface area contributed by atoms with Gasteiger partial charge < -0.3 is 15.8 Å². The Bertz CT molecular complexity index is 218. The third-order valence-corrected chi connectivity index (χ3v) is 2.05. The van der Waals surface area contributed by atoms with Crippen LogP contribution in [0.25, 0.3) is 0 Å². The van der Waals surface area contributed by atoms with Gasteiger partial charge in [0.2, 0.25) is 5.91 Å². The summed E-state index contributed by atoms with van der Waals surface area (Å²) in [6.07, 6.45) is 1.65. The molecule has 0 aromatic heterocycles. The zero-order valence-electron chi connectivity index (χ0n) is 10.3. The minimum absolute atomic E-state index is 0.177. The second-order valence-electron chi connectivity index (χ2n) is 4.86. The average Bonchev–Trinajstić information content (AvgIpc) is 2.54. The molecule has 1 unspecified atom stereocenters. The van der Waals surface area contributed by atoms with Crippen LogP contribution in [-0.4, -0.2) is 31.1 Å². The highest BCUT2D eigenvalue weighted by atomic mass is 16.5. The van der Waals surface area contributed by atoms with E-state index in [0.29, 0.717) is 18.8 Å². The van der Waals surface area contributed by atoms with Crippen LogP contribution in [0.2, 0.25) is 0 Å². The lowest BCUT2D eigenvalue weighted by Crippen LogP contribution is -2.18. The van der Waals surface area contributed by atoms with E-state index in [-0.39, 0.29) is 11.5 Å². The highest BCUT2D eigenvalue weighted by Crippen LogP contribution is 2.10. The van der Waals surface area contributed by atoms with Crippen molar-refractivity contribution in [2.45, 2.75) is 39.2 Å². The molecule has 1 heterocycles. The van der Waals surface area contributed by atoms with Gasteiger partial charge in [-0.3, -0.25) is 9.59 Å². The Kier molecular flexibility index (Phi) is 6.72. The van der Waals surface area contributed by atoms with E-state index in [4.69, 9.17) is 5.73 Å². The second kappa shape index (κ2) is 7.22. The lowest BCUT2D eigenvalue weighted by Gasteiger charge is -2.14. The molecule has 0 aromatic rings. The van der Waals surface area contributed by atoms with Gasteiger partial charge in [0.1, 0.15) is 5.60 Å². The molecule has 1 aliphatic rings. The van der Waals surface area contributed by atoms with E-state index in [1.54, 1.807) is 0 Å². The predicted molar refractivity (Wildman–Crippen MR) is 61.7 cm³/mol. The van der Waals surface area contributed by atoms with Gasteiger partial charge in [-0.1, -0.05) is 0 Å². The van der Waals surface area contributed by atoms with Gasteiger partial charge in [0.25, 0.3) is 6.47 Å². The molecule has 3 N–H and O–H groups in total. The molecule has 1 rings (SSSR count). The first-order chi connectivity index (χ1) is 7.35. The molecule has 0 aromatic carbocycles. The summed E-state index contributed by atoms with van der Waals surface area (Å²) in [5.74, 6) is 0.325. The predicted octanol–water partition coefficient (Wildman–Crippen LogP) is 0.429. The number of carbonyl (C=O) groups is 2. The Labute approximate surface area is 96.7 Å². The molecule has 94 valence electrons. The van der Waals surface area contributed by atoms with E-state index in [1.165, 1.54) is 0 Å². The van der Waals surface area contributed by atoms with Crippen molar-refractivity contribution in [1.29, 1.82) is 0 Å². The maximum absolute atomic E-state index is 10.3. The highest BCUT2D eigenvalue weighted by molar-refractivity contribution is 5.74. The summed E-state index contributed by atoms with van der Waals surface area (Å²) in [5, 5.41) is 3.17. The standard InChI is InChI=1S/C6H12N2O.C5H10O2/c7-6(9)3-5-1-2-8-4-5;1-5(2,3)7-4-6/h5,8H,1-4H2,(H2,7,9);4H,1-3H3. The molecule has 5 heteroatoms. The summed E-state index contributed by atoms with van der Waals surface area (Å²) in [5.41, 5.74) is 4.69. The van der Waals surface area contributed by atoms with Crippen molar-refractivity contribution in [2.75, 3.05) is 13.1 Å². The van der Waals surface area contributed by atoms with E-state index in [2.05, 4.69) is 10.1 Å². The molecule has 0 saturated carbocycles. The molecule has 1 saturated heterocycles. The number of nitrogens with one attached hydrogen (secondary N) is 1. The number of ether oxygens (including phenoxy) is 1. The van der Waals surface area contributed by atoms with Gasteiger partial charge in [0.05, 0.1) is 0 Å². The molecule has 0 aliphatic carbocycles. The van der Waals surface area contributed by atoms with Crippen molar-refractivity contribution < 1.29 is 14.3 Å². The smallest absolute Gasteiger partial charge is 0.293 e. The zero-order valence-corrected chi connectivity index (χ0v) is 10.3. The summed E-state index contributed by atoms with van der Waals surface area (Å²) < 4.78 is 4.55. The Morgan fingerprint density at radius 2 is 2.19 bits per heavy atom. The summed E-state index contributed by atoms with van der Waals surface area (Å²) in [6, 6.07) is 0. The normalized spacial score (nSPS) is 19.6. The van der Waals surface area contributed by atoms with Crippen LogP contribution in [0.1, 0.15) is 33.6 Å². The lowest BCUT2D eigenvalue weighted by molar-refractivity contribution is -0.138. The van der Waals surface area contributed by atoms with Gasteiger partial charge in [0.15, 0.2) is 0 Å². The number of primary amides is 1. The second-order valence-corrected chi connectivity index (χ2v) is 4.86. The molecular weight excluding hydrogens is 208 g/mol. The average molecular weight is 230 g/mol. The van der Waals surface area contributed by atoms with Crippen molar-refractivity contribution in [3.05, 3.63) is 0 Å². The summed E-state index contributed by atoms with van der Waals surface area (Å²) >= 11 is 0. The first-order valence-electron chi connectivity index (χ1n) is 5.45. The van der Waals surface area contributed by atoms with E-state index < -0.39 is 0 Å². The molecule has 16 heavy (non-hydrogen) atoms.